The summed E-state index contributed by atoms with van der Waals surface area (Å²) in [7, 11) is 0. The minimum Gasteiger partial charge on any atom is -0.339 e. The van der Waals surface area contributed by atoms with Crippen LogP contribution >= 0.6 is 22.9 Å². The molecular weight excluding hydrogens is 449 g/mol. The Bertz CT molecular complexity index is 1120. The molecule has 2 heterocycles. The Morgan fingerprint density at radius 3 is 2.62 bits per heavy atom. The number of carbonyl (C=O) groups excluding carboxylic acids is 2. The highest BCUT2D eigenvalue weighted by molar-refractivity contribution is 7.15. The number of piperidine rings is 1. The van der Waals surface area contributed by atoms with Crippen LogP contribution in [0, 0.1) is 18.7 Å². The third-order valence-electron chi connectivity index (χ3n) is 5.66. The van der Waals surface area contributed by atoms with Gasteiger partial charge in [0.25, 0.3) is 5.91 Å². The van der Waals surface area contributed by atoms with E-state index in [2.05, 4.69) is 10.3 Å². The maximum Gasteiger partial charge on any atom is 0.253 e. The van der Waals surface area contributed by atoms with Crippen molar-refractivity contribution in [3.8, 4) is 0 Å². The first-order valence-corrected chi connectivity index (χ1v) is 11.6. The summed E-state index contributed by atoms with van der Waals surface area (Å²) in [6.07, 6.45) is 3.59. The number of aryl methyl sites for hydroxylation is 1. The van der Waals surface area contributed by atoms with E-state index in [0.29, 0.717) is 43.0 Å². The highest BCUT2D eigenvalue weighted by Gasteiger charge is 2.28. The molecule has 8 heteroatoms. The molecule has 0 aliphatic carbocycles. The highest BCUT2D eigenvalue weighted by Crippen LogP contribution is 2.28. The number of halogens is 2. The van der Waals surface area contributed by atoms with Crippen LogP contribution in [0.15, 0.2) is 48.7 Å². The van der Waals surface area contributed by atoms with Crippen molar-refractivity contribution in [3.63, 3.8) is 0 Å². The van der Waals surface area contributed by atoms with Crippen molar-refractivity contribution >= 4 is 39.9 Å². The second kappa shape index (κ2) is 9.79. The van der Waals surface area contributed by atoms with E-state index in [-0.39, 0.29) is 23.5 Å². The summed E-state index contributed by atoms with van der Waals surface area (Å²) in [5.41, 5.74) is 2.52. The molecule has 166 valence electrons. The van der Waals surface area contributed by atoms with Gasteiger partial charge in [0.2, 0.25) is 5.91 Å². The standard InChI is InChI=1S/C24H23ClFN3O2S/c1-15-3-2-4-18(21(15)25)13-20-14-27-24(32-20)28-22(30)16-9-11-29(12-10-16)23(31)17-5-7-19(26)8-6-17/h2-8,14,16H,9-13H2,1H3,(H,27,28,30). The number of hydrogen-bond acceptors (Lipinski definition) is 4. The number of rotatable bonds is 5. The fourth-order valence-electron chi connectivity index (χ4n) is 3.81. The summed E-state index contributed by atoms with van der Waals surface area (Å²) in [5, 5.41) is 4.24. The van der Waals surface area contributed by atoms with Crippen LogP contribution in [-0.2, 0) is 11.2 Å². The predicted molar refractivity (Wildman–Crippen MR) is 125 cm³/mol. The Morgan fingerprint density at radius 2 is 1.91 bits per heavy atom. The first-order valence-electron chi connectivity index (χ1n) is 10.4. The minimum absolute atomic E-state index is 0.0756. The van der Waals surface area contributed by atoms with Gasteiger partial charge in [-0.25, -0.2) is 9.37 Å². The van der Waals surface area contributed by atoms with Crippen LogP contribution in [0.4, 0.5) is 9.52 Å². The second-order valence-electron chi connectivity index (χ2n) is 7.92. The Morgan fingerprint density at radius 1 is 1.19 bits per heavy atom. The van der Waals surface area contributed by atoms with Crippen LogP contribution in [-0.4, -0.2) is 34.8 Å². The van der Waals surface area contributed by atoms with Crippen molar-refractivity contribution in [2.45, 2.75) is 26.2 Å². The zero-order valence-corrected chi connectivity index (χ0v) is 19.2. The van der Waals surface area contributed by atoms with Gasteiger partial charge in [0.15, 0.2) is 5.13 Å². The zero-order valence-electron chi connectivity index (χ0n) is 17.6. The molecule has 3 aromatic rings. The lowest BCUT2D eigenvalue weighted by atomic mass is 9.95. The van der Waals surface area contributed by atoms with Gasteiger partial charge in [-0.3, -0.25) is 9.59 Å². The van der Waals surface area contributed by atoms with E-state index in [4.69, 9.17) is 11.6 Å². The van der Waals surface area contributed by atoms with Gasteiger partial charge in [-0.15, -0.1) is 11.3 Å². The maximum atomic E-state index is 13.1. The number of amides is 2. The van der Waals surface area contributed by atoms with Crippen LogP contribution in [0.2, 0.25) is 5.02 Å². The first-order chi connectivity index (χ1) is 15.4. The molecule has 1 N–H and O–H groups in total. The second-order valence-corrected chi connectivity index (χ2v) is 9.41. The number of nitrogens with one attached hydrogen (secondary N) is 1. The van der Waals surface area contributed by atoms with Crippen molar-refractivity contribution in [1.82, 2.24) is 9.88 Å². The Kier molecular flexibility index (Phi) is 6.86. The third-order valence-corrected chi connectivity index (χ3v) is 7.12. The lowest BCUT2D eigenvalue weighted by Gasteiger charge is -2.31. The van der Waals surface area contributed by atoms with E-state index in [0.717, 1.165) is 21.0 Å². The van der Waals surface area contributed by atoms with Crippen LogP contribution < -0.4 is 5.32 Å². The number of carbonyl (C=O) groups is 2. The van der Waals surface area contributed by atoms with E-state index in [1.807, 2.05) is 25.1 Å². The van der Waals surface area contributed by atoms with Crippen molar-refractivity contribution in [1.29, 1.82) is 0 Å². The van der Waals surface area contributed by atoms with Crippen molar-refractivity contribution in [2.24, 2.45) is 5.92 Å². The average molecular weight is 472 g/mol. The van der Waals surface area contributed by atoms with Gasteiger partial charge in [-0.2, -0.15) is 0 Å². The van der Waals surface area contributed by atoms with E-state index in [1.165, 1.54) is 35.6 Å². The van der Waals surface area contributed by atoms with Crippen LogP contribution in [0.1, 0.15) is 39.2 Å². The van der Waals surface area contributed by atoms with E-state index in [1.54, 1.807) is 11.1 Å². The Labute approximate surface area is 195 Å². The Hall–Kier alpha value is -2.77. The molecule has 1 aliphatic rings. The number of likely N-dealkylation sites (tertiary alicyclic amines) is 1. The quantitative estimate of drug-likeness (QED) is 0.547. The molecule has 0 radical (unpaired) electrons. The van der Waals surface area contributed by atoms with E-state index in [9.17, 15) is 14.0 Å². The fraction of sp³-hybridized carbons (Fsp3) is 0.292. The maximum absolute atomic E-state index is 13.1. The van der Waals surface area contributed by atoms with Crippen molar-refractivity contribution in [2.75, 3.05) is 18.4 Å². The number of benzene rings is 2. The molecule has 0 unspecified atom stereocenters. The molecule has 0 bridgehead atoms. The molecule has 0 saturated carbocycles. The van der Waals surface area contributed by atoms with E-state index < -0.39 is 0 Å². The van der Waals surface area contributed by atoms with Crippen molar-refractivity contribution < 1.29 is 14.0 Å². The normalized spacial score (nSPS) is 14.4. The van der Waals surface area contributed by atoms with Gasteiger partial charge in [-0.05, 0) is 55.2 Å². The molecule has 1 fully saturated rings. The molecule has 2 amide bonds. The minimum atomic E-state index is -0.371. The molecule has 0 spiro atoms. The number of nitrogens with zero attached hydrogens (tertiary/aromatic N) is 2. The summed E-state index contributed by atoms with van der Waals surface area (Å²) in [6, 6.07) is 11.5. The number of anilines is 1. The summed E-state index contributed by atoms with van der Waals surface area (Å²) >= 11 is 7.83. The van der Waals surface area contributed by atoms with Gasteiger partial charge in [0, 0.05) is 47.1 Å². The van der Waals surface area contributed by atoms with Crippen LogP contribution in [0.3, 0.4) is 0 Å². The van der Waals surface area contributed by atoms with Crippen LogP contribution in [0.25, 0.3) is 0 Å². The van der Waals surface area contributed by atoms with Crippen molar-refractivity contribution in [3.05, 3.63) is 81.1 Å². The zero-order chi connectivity index (χ0) is 22.7. The van der Waals surface area contributed by atoms with Gasteiger partial charge < -0.3 is 10.2 Å². The van der Waals surface area contributed by atoms with Gasteiger partial charge >= 0.3 is 0 Å². The summed E-state index contributed by atoms with van der Waals surface area (Å²) in [4.78, 5) is 32.3. The summed E-state index contributed by atoms with van der Waals surface area (Å²) in [6.45, 7) is 2.95. The number of hydrogen-bond donors (Lipinski definition) is 1. The van der Waals surface area contributed by atoms with E-state index >= 15 is 0 Å². The molecule has 1 aromatic heterocycles. The average Bonchev–Trinajstić information content (AvgIpc) is 3.24. The fourth-order valence-corrected chi connectivity index (χ4v) is 4.84. The van der Waals surface area contributed by atoms with Gasteiger partial charge in [0.05, 0.1) is 0 Å². The Balaban J connectivity index is 1.30. The molecule has 1 saturated heterocycles. The molecule has 2 aromatic carbocycles. The summed E-state index contributed by atoms with van der Waals surface area (Å²) < 4.78 is 13.1. The molecule has 4 rings (SSSR count). The van der Waals surface area contributed by atoms with Crippen LogP contribution in [0.5, 0.6) is 0 Å². The smallest absolute Gasteiger partial charge is 0.253 e. The number of aromatic nitrogens is 1. The monoisotopic (exact) mass is 471 g/mol. The first kappa shape index (κ1) is 22.4. The molecule has 0 atom stereocenters. The summed E-state index contributed by atoms with van der Waals surface area (Å²) in [5.74, 6) is -0.758. The third kappa shape index (κ3) is 5.16. The predicted octanol–water partition coefficient (Wildman–Crippen LogP) is 5.33. The van der Waals surface area contributed by atoms with Gasteiger partial charge in [-0.1, -0.05) is 29.8 Å². The molecule has 32 heavy (non-hydrogen) atoms. The topological polar surface area (TPSA) is 62.3 Å². The van der Waals surface area contributed by atoms with Gasteiger partial charge in [0.1, 0.15) is 5.82 Å². The number of thiazole rings is 1. The largest absolute Gasteiger partial charge is 0.339 e. The lowest BCUT2D eigenvalue weighted by molar-refractivity contribution is -0.121. The molecule has 1 aliphatic heterocycles. The highest BCUT2D eigenvalue weighted by atomic mass is 35.5. The molecular formula is C24H23ClFN3O2S. The molecule has 5 nitrogen and oxygen atoms in total. The lowest BCUT2D eigenvalue weighted by Crippen LogP contribution is -2.41. The SMILES string of the molecule is Cc1cccc(Cc2cnc(NC(=O)C3CCN(C(=O)c4ccc(F)cc4)CC3)s2)c1Cl.